The third-order valence-electron chi connectivity index (χ3n) is 2.48. The molecule has 0 saturated heterocycles. The summed E-state index contributed by atoms with van der Waals surface area (Å²) in [5, 5.41) is 9.19. The fourth-order valence-corrected chi connectivity index (χ4v) is 1.44. The Labute approximate surface area is 103 Å². The Bertz CT molecular complexity index is 579. The second kappa shape index (κ2) is 4.74. The fraction of sp³-hybridized carbons (Fsp3) is 0.182. The zero-order valence-corrected chi connectivity index (χ0v) is 10.0. The monoisotopic (exact) mass is 247 g/mol. The lowest BCUT2D eigenvalue weighted by Gasteiger charge is -2.07. The van der Waals surface area contributed by atoms with Crippen molar-refractivity contribution in [1.29, 1.82) is 0 Å². The highest BCUT2D eigenvalue weighted by molar-refractivity contribution is 6.06. The zero-order chi connectivity index (χ0) is 13.1. The lowest BCUT2D eigenvalue weighted by atomic mass is 10.2. The van der Waals surface area contributed by atoms with Gasteiger partial charge in [-0.05, 0) is 13.0 Å². The molecule has 18 heavy (non-hydrogen) atoms. The van der Waals surface area contributed by atoms with Crippen LogP contribution in [0.5, 0.6) is 5.75 Å². The molecule has 0 radical (unpaired) electrons. The Morgan fingerprint density at radius 2 is 2.33 bits per heavy atom. The van der Waals surface area contributed by atoms with Crippen LogP contribution in [-0.2, 0) is 0 Å². The standard InChI is InChI=1S/C11H13N5O2/c1-6-9(12)10(16-15-6)14-11(17)7-3-4-13-5-8(7)18-2/h3-5H,12H2,1-2H3,(H2,14,15,16,17). The number of nitrogens with one attached hydrogen (secondary N) is 2. The number of nitrogens with zero attached hydrogens (tertiary/aromatic N) is 2. The van der Waals surface area contributed by atoms with Gasteiger partial charge in [-0.25, -0.2) is 0 Å². The van der Waals surface area contributed by atoms with E-state index in [1.807, 2.05) is 0 Å². The quantitative estimate of drug-likeness (QED) is 0.748. The Hall–Kier alpha value is -2.57. The molecule has 0 aliphatic rings. The highest BCUT2D eigenvalue weighted by atomic mass is 16.5. The number of ether oxygens (including phenoxy) is 1. The van der Waals surface area contributed by atoms with Gasteiger partial charge in [-0.15, -0.1) is 0 Å². The van der Waals surface area contributed by atoms with E-state index in [2.05, 4.69) is 20.5 Å². The number of amides is 1. The van der Waals surface area contributed by atoms with Crippen LogP contribution < -0.4 is 15.8 Å². The first-order valence-corrected chi connectivity index (χ1v) is 5.23. The predicted octanol–water partition coefficient (Wildman–Crippen LogP) is 0.956. The predicted molar refractivity (Wildman–Crippen MR) is 66.5 cm³/mol. The van der Waals surface area contributed by atoms with Crippen molar-refractivity contribution in [3.63, 3.8) is 0 Å². The number of aromatic amines is 1. The van der Waals surface area contributed by atoms with Crippen molar-refractivity contribution in [1.82, 2.24) is 15.2 Å². The first-order valence-electron chi connectivity index (χ1n) is 5.23. The number of H-pyrrole nitrogens is 1. The first-order chi connectivity index (χ1) is 8.63. The average molecular weight is 247 g/mol. The lowest BCUT2D eigenvalue weighted by Crippen LogP contribution is -2.14. The summed E-state index contributed by atoms with van der Waals surface area (Å²) in [5.74, 6) is 0.338. The van der Waals surface area contributed by atoms with Gasteiger partial charge < -0.3 is 15.8 Å². The van der Waals surface area contributed by atoms with E-state index in [0.29, 0.717) is 28.5 Å². The van der Waals surface area contributed by atoms with Gasteiger partial charge in [-0.3, -0.25) is 14.9 Å². The first kappa shape index (κ1) is 11.9. The van der Waals surface area contributed by atoms with Crippen molar-refractivity contribution in [3.8, 4) is 5.75 Å². The molecule has 0 spiro atoms. The average Bonchev–Trinajstić information content (AvgIpc) is 2.70. The number of pyridine rings is 1. The second-order valence-electron chi connectivity index (χ2n) is 3.64. The minimum atomic E-state index is -0.354. The van der Waals surface area contributed by atoms with Crippen molar-refractivity contribution in [3.05, 3.63) is 29.7 Å². The zero-order valence-electron chi connectivity index (χ0n) is 10.0. The van der Waals surface area contributed by atoms with Gasteiger partial charge in [0.05, 0.1) is 30.3 Å². The number of nitrogens with two attached hydrogens (primary N) is 1. The Kier molecular flexibility index (Phi) is 3.13. The van der Waals surface area contributed by atoms with E-state index in [0.717, 1.165) is 0 Å². The number of methoxy groups -OCH3 is 1. The highest BCUT2D eigenvalue weighted by Gasteiger charge is 2.15. The van der Waals surface area contributed by atoms with Crippen LogP contribution in [0.2, 0.25) is 0 Å². The van der Waals surface area contributed by atoms with E-state index < -0.39 is 0 Å². The summed E-state index contributed by atoms with van der Waals surface area (Å²) in [6, 6.07) is 1.56. The number of aromatic nitrogens is 3. The topological polar surface area (TPSA) is 106 Å². The second-order valence-corrected chi connectivity index (χ2v) is 3.64. The largest absolute Gasteiger partial charge is 0.494 e. The third kappa shape index (κ3) is 2.10. The maximum absolute atomic E-state index is 12.0. The summed E-state index contributed by atoms with van der Waals surface area (Å²) in [6.07, 6.45) is 2.98. The van der Waals surface area contributed by atoms with Gasteiger partial charge in [0.2, 0.25) is 0 Å². The summed E-state index contributed by atoms with van der Waals surface area (Å²) in [5.41, 5.74) is 7.23. The van der Waals surface area contributed by atoms with E-state index in [-0.39, 0.29) is 5.91 Å². The number of anilines is 2. The molecular formula is C11H13N5O2. The number of aryl methyl sites for hydroxylation is 1. The van der Waals surface area contributed by atoms with E-state index >= 15 is 0 Å². The summed E-state index contributed by atoms with van der Waals surface area (Å²) < 4.78 is 5.06. The molecule has 7 nitrogen and oxygen atoms in total. The molecule has 2 rings (SSSR count). The van der Waals surface area contributed by atoms with Crippen LogP contribution >= 0.6 is 0 Å². The van der Waals surface area contributed by atoms with Crippen LogP contribution in [0.3, 0.4) is 0 Å². The summed E-state index contributed by atoms with van der Waals surface area (Å²) in [4.78, 5) is 15.9. The molecule has 2 aromatic rings. The van der Waals surface area contributed by atoms with Gasteiger partial charge >= 0.3 is 0 Å². The van der Waals surface area contributed by atoms with E-state index in [1.54, 1.807) is 13.0 Å². The number of hydrogen-bond donors (Lipinski definition) is 3. The van der Waals surface area contributed by atoms with Crippen molar-refractivity contribution < 1.29 is 9.53 Å². The van der Waals surface area contributed by atoms with Gasteiger partial charge in [0.1, 0.15) is 5.75 Å². The lowest BCUT2D eigenvalue weighted by molar-refractivity contribution is 0.102. The van der Waals surface area contributed by atoms with Crippen molar-refractivity contribution in [2.75, 3.05) is 18.2 Å². The number of carbonyl (C=O) groups excluding carboxylic acids is 1. The highest BCUT2D eigenvalue weighted by Crippen LogP contribution is 2.21. The third-order valence-corrected chi connectivity index (χ3v) is 2.48. The Morgan fingerprint density at radius 1 is 1.56 bits per heavy atom. The number of hydrogen-bond acceptors (Lipinski definition) is 5. The van der Waals surface area contributed by atoms with Gasteiger partial charge in [-0.1, -0.05) is 0 Å². The molecule has 2 aromatic heterocycles. The van der Waals surface area contributed by atoms with Crippen LogP contribution in [0, 0.1) is 6.92 Å². The summed E-state index contributed by atoms with van der Waals surface area (Å²) >= 11 is 0. The fourth-order valence-electron chi connectivity index (χ4n) is 1.44. The van der Waals surface area contributed by atoms with Gasteiger partial charge in [0.15, 0.2) is 5.82 Å². The molecule has 0 aliphatic carbocycles. The summed E-state index contributed by atoms with van der Waals surface area (Å²) in [7, 11) is 1.47. The van der Waals surface area contributed by atoms with Crippen molar-refractivity contribution >= 4 is 17.4 Å². The molecule has 0 aromatic carbocycles. The van der Waals surface area contributed by atoms with E-state index in [4.69, 9.17) is 10.5 Å². The molecule has 0 atom stereocenters. The van der Waals surface area contributed by atoms with Crippen LogP contribution in [0.15, 0.2) is 18.5 Å². The van der Waals surface area contributed by atoms with Gasteiger partial charge in [0.25, 0.3) is 5.91 Å². The van der Waals surface area contributed by atoms with Crippen LogP contribution in [0.25, 0.3) is 0 Å². The number of nitrogen functional groups attached to an aromatic ring is 1. The molecule has 2 heterocycles. The SMILES string of the molecule is COc1cnccc1C(=O)Nc1n[nH]c(C)c1N. The Morgan fingerprint density at radius 3 is 2.94 bits per heavy atom. The minimum Gasteiger partial charge on any atom is -0.494 e. The van der Waals surface area contributed by atoms with Crippen molar-refractivity contribution in [2.45, 2.75) is 6.92 Å². The molecular weight excluding hydrogens is 234 g/mol. The molecule has 4 N–H and O–H groups in total. The van der Waals surface area contributed by atoms with Gasteiger partial charge in [-0.2, -0.15) is 5.10 Å². The number of carbonyl (C=O) groups is 1. The van der Waals surface area contributed by atoms with E-state index in [9.17, 15) is 4.79 Å². The normalized spacial score (nSPS) is 10.1. The molecule has 0 saturated carbocycles. The van der Waals surface area contributed by atoms with Crippen molar-refractivity contribution in [2.24, 2.45) is 0 Å². The molecule has 94 valence electrons. The molecule has 0 unspecified atom stereocenters. The number of rotatable bonds is 3. The van der Waals surface area contributed by atoms with Gasteiger partial charge in [0, 0.05) is 6.20 Å². The minimum absolute atomic E-state index is 0.302. The summed E-state index contributed by atoms with van der Waals surface area (Å²) in [6.45, 7) is 1.77. The molecule has 0 aliphatic heterocycles. The maximum Gasteiger partial charge on any atom is 0.260 e. The van der Waals surface area contributed by atoms with Crippen LogP contribution in [0.4, 0.5) is 11.5 Å². The molecule has 0 bridgehead atoms. The Balaban J connectivity index is 2.25. The molecule has 1 amide bonds. The van der Waals surface area contributed by atoms with E-state index in [1.165, 1.54) is 19.5 Å². The molecule has 0 fully saturated rings. The van der Waals surface area contributed by atoms with Crippen LogP contribution in [-0.4, -0.2) is 28.2 Å². The van der Waals surface area contributed by atoms with Crippen LogP contribution in [0.1, 0.15) is 16.1 Å². The smallest absolute Gasteiger partial charge is 0.260 e. The molecule has 7 heteroatoms. The maximum atomic E-state index is 12.0.